The fraction of sp³-hybridized carbons (Fsp3) is 0.296. The molecule has 3 aliphatic rings. The van der Waals surface area contributed by atoms with Crippen molar-refractivity contribution in [2.24, 2.45) is 4.99 Å². The molecule has 1 saturated carbocycles. The quantitative estimate of drug-likeness (QED) is 0.472. The van der Waals surface area contributed by atoms with Crippen molar-refractivity contribution < 1.29 is 23.1 Å². The molecule has 0 bridgehead atoms. The van der Waals surface area contributed by atoms with E-state index in [-0.39, 0.29) is 36.3 Å². The smallest absolute Gasteiger partial charge is 0.325 e. The van der Waals surface area contributed by atoms with Crippen LogP contribution in [0.5, 0.6) is 0 Å². The number of esters is 1. The number of carbonyl (C=O) groups is 2. The summed E-state index contributed by atoms with van der Waals surface area (Å²) in [5, 5.41) is 0. The summed E-state index contributed by atoms with van der Waals surface area (Å²) in [6, 6.07) is 12.4. The molecule has 2 aromatic rings. The van der Waals surface area contributed by atoms with E-state index < -0.39 is 29.3 Å². The van der Waals surface area contributed by atoms with Gasteiger partial charge in [-0.2, -0.15) is 0 Å². The first-order valence-electron chi connectivity index (χ1n) is 11.3. The predicted molar refractivity (Wildman–Crippen MR) is 125 cm³/mol. The van der Waals surface area contributed by atoms with Crippen molar-refractivity contribution in [3.05, 3.63) is 88.8 Å². The van der Waals surface area contributed by atoms with E-state index in [2.05, 4.69) is 21.9 Å². The van der Waals surface area contributed by atoms with Gasteiger partial charge in [-0.1, -0.05) is 48.6 Å². The van der Waals surface area contributed by atoms with Gasteiger partial charge >= 0.3 is 5.97 Å². The number of allylic oxidation sites excluding steroid dienone is 4. The second-order valence-corrected chi connectivity index (χ2v) is 8.85. The van der Waals surface area contributed by atoms with E-state index in [9.17, 15) is 14.0 Å². The molecule has 7 heteroatoms. The maximum atomic E-state index is 16.0. The standard InChI is InChI=1S/C27H24F2N2O3/c1-34-22(32)15-31-16-27(14-21(27)28)23-19(26(31)33)12-13-20(24(23)29)30-25(17-8-4-2-5-9-17)18-10-6-3-7-11-18/h2,4-6,8-13,21H,3,7,14-16H2,1H3/t21?,27-/m0/s1. The molecule has 1 unspecified atom stereocenters. The number of alkyl halides is 1. The van der Waals surface area contributed by atoms with E-state index in [1.165, 1.54) is 24.1 Å². The number of ether oxygens (including phenoxy) is 1. The Morgan fingerprint density at radius 1 is 1.21 bits per heavy atom. The van der Waals surface area contributed by atoms with Gasteiger partial charge in [-0.15, -0.1) is 0 Å². The van der Waals surface area contributed by atoms with Crippen LogP contribution in [0.15, 0.2) is 71.3 Å². The van der Waals surface area contributed by atoms with Crippen molar-refractivity contribution in [1.29, 1.82) is 0 Å². The lowest BCUT2D eigenvalue weighted by Gasteiger charge is -2.34. The van der Waals surface area contributed by atoms with Crippen LogP contribution in [0.3, 0.4) is 0 Å². The van der Waals surface area contributed by atoms with Crippen molar-refractivity contribution in [2.45, 2.75) is 30.8 Å². The number of rotatable bonds is 5. The molecular weight excluding hydrogens is 438 g/mol. The SMILES string of the molecule is COC(=O)CN1C[C@]2(CC2F)c2c(ccc(N=C(C3=CCCC=C3)c3ccccc3)c2F)C1=O. The molecule has 0 radical (unpaired) electrons. The van der Waals surface area contributed by atoms with Crippen molar-refractivity contribution in [3.8, 4) is 0 Å². The third-order valence-corrected chi connectivity index (χ3v) is 6.69. The second kappa shape index (κ2) is 8.63. The first kappa shape index (κ1) is 22.2. The van der Waals surface area contributed by atoms with Crippen LogP contribution in [0.1, 0.15) is 40.7 Å². The minimum absolute atomic E-state index is 0.0603. The van der Waals surface area contributed by atoms with E-state index in [0.29, 0.717) is 5.71 Å². The number of methoxy groups -OCH3 is 1. The molecule has 1 amide bonds. The summed E-state index contributed by atoms with van der Waals surface area (Å²) < 4.78 is 35.3. The summed E-state index contributed by atoms with van der Waals surface area (Å²) in [6.07, 6.45) is 6.68. The Morgan fingerprint density at radius 3 is 2.62 bits per heavy atom. The van der Waals surface area contributed by atoms with Crippen LogP contribution in [0.4, 0.5) is 14.5 Å². The van der Waals surface area contributed by atoms with E-state index in [1.807, 2.05) is 36.4 Å². The van der Waals surface area contributed by atoms with Crippen LogP contribution in [-0.4, -0.2) is 48.9 Å². The zero-order chi connectivity index (χ0) is 23.9. The average Bonchev–Trinajstić information content (AvgIpc) is 3.50. The topological polar surface area (TPSA) is 59.0 Å². The van der Waals surface area contributed by atoms with E-state index in [4.69, 9.17) is 0 Å². The van der Waals surface area contributed by atoms with Gasteiger partial charge in [-0.3, -0.25) is 9.59 Å². The molecule has 2 aromatic carbocycles. The summed E-state index contributed by atoms with van der Waals surface area (Å²) in [7, 11) is 1.22. The summed E-state index contributed by atoms with van der Waals surface area (Å²) >= 11 is 0. The summed E-state index contributed by atoms with van der Waals surface area (Å²) in [5.74, 6) is -1.80. The van der Waals surface area contributed by atoms with Gasteiger partial charge in [0.05, 0.1) is 23.9 Å². The van der Waals surface area contributed by atoms with Crippen LogP contribution >= 0.6 is 0 Å². The summed E-state index contributed by atoms with van der Waals surface area (Å²) in [6.45, 7) is -0.373. The molecule has 0 N–H and O–H groups in total. The normalized spacial score (nSPS) is 23.6. The Balaban J connectivity index is 1.61. The lowest BCUT2D eigenvalue weighted by atomic mass is 9.85. The van der Waals surface area contributed by atoms with Crippen LogP contribution in [-0.2, 0) is 14.9 Å². The average molecular weight is 462 g/mol. The van der Waals surface area contributed by atoms with Crippen LogP contribution < -0.4 is 0 Å². The van der Waals surface area contributed by atoms with Crippen LogP contribution in [0, 0.1) is 5.82 Å². The summed E-state index contributed by atoms with van der Waals surface area (Å²) in [4.78, 5) is 30.7. The Morgan fingerprint density at radius 2 is 1.97 bits per heavy atom. The number of carbonyl (C=O) groups excluding carboxylic acids is 2. The predicted octanol–water partition coefficient (Wildman–Crippen LogP) is 4.83. The minimum atomic E-state index is -1.30. The Bertz CT molecular complexity index is 1250. The Labute approximate surface area is 196 Å². The molecule has 0 aromatic heterocycles. The van der Waals surface area contributed by atoms with Gasteiger partial charge in [0.25, 0.3) is 5.91 Å². The van der Waals surface area contributed by atoms with Crippen molar-refractivity contribution >= 4 is 23.3 Å². The molecule has 0 saturated heterocycles. The number of hydrogen-bond donors (Lipinski definition) is 0. The molecule has 1 fully saturated rings. The molecule has 5 rings (SSSR count). The molecule has 1 heterocycles. The molecule has 1 aliphatic heterocycles. The minimum Gasteiger partial charge on any atom is -0.468 e. The highest BCUT2D eigenvalue weighted by atomic mass is 19.1. The molecule has 34 heavy (non-hydrogen) atoms. The highest BCUT2D eigenvalue weighted by molar-refractivity contribution is 6.15. The second-order valence-electron chi connectivity index (χ2n) is 8.85. The first-order valence-corrected chi connectivity index (χ1v) is 11.3. The number of nitrogens with zero attached hydrogens (tertiary/aromatic N) is 2. The van der Waals surface area contributed by atoms with Crippen molar-refractivity contribution in [2.75, 3.05) is 20.2 Å². The van der Waals surface area contributed by atoms with E-state index in [0.717, 1.165) is 24.0 Å². The van der Waals surface area contributed by atoms with E-state index in [1.54, 1.807) is 0 Å². The molecule has 1 spiro atoms. The molecule has 2 atom stereocenters. The molecule has 174 valence electrons. The van der Waals surface area contributed by atoms with Gasteiger partial charge < -0.3 is 9.64 Å². The largest absolute Gasteiger partial charge is 0.468 e. The van der Waals surface area contributed by atoms with Gasteiger partial charge in [-0.05, 0) is 37.0 Å². The van der Waals surface area contributed by atoms with Crippen molar-refractivity contribution in [3.63, 3.8) is 0 Å². The van der Waals surface area contributed by atoms with E-state index >= 15 is 4.39 Å². The highest BCUT2D eigenvalue weighted by Crippen LogP contribution is 2.56. The molecular formula is C27H24F2N2O3. The number of amides is 1. The number of hydrogen-bond acceptors (Lipinski definition) is 4. The van der Waals surface area contributed by atoms with Crippen LogP contribution in [0.25, 0.3) is 0 Å². The van der Waals surface area contributed by atoms with Gasteiger partial charge in [-0.25, -0.2) is 13.8 Å². The maximum absolute atomic E-state index is 16.0. The van der Waals surface area contributed by atoms with Gasteiger partial charge in [0.15, 0.2) is 5.82 Å². The van der Waals surface area contributed by atoms with Gasteiger partial charge in [0, 0.05) is 23.2 Å². The summed E-state index contributed by atoms with van der Waals surface area (Å²) in [5.41, 5.74) is 1.38. The lowest BCUT2D eigenvalue weighted by Crippen LogP contribution is -2.47. The fourth-order valence-corrected chi connectivity index (χ4v) is 4.81. The lowest BCUT2D eigenvalue weighted by molar-refractivity contribution is -0.141. The zero-order valence-corrected chi connectivity index (χ0v) is 18.8. The highest BCUT2D eigenvalue weighted by Gasteiger charge is 2.62. The third kappa shape index (κ3) is 3.75. The number of benzene rings is 2. The maximum Gasteiger partial charge on any atom is 0.325 e. The number of halogens is 2. The van der Waals surface area contributed by atoms with Gasteiger partial charge in [0.1, 0.15) is 12.7 Å². The number of aliphatic imine (C=N–C) groups is 1. The Kier molecular flexibility index (Phi) is 5.63. The van der Waals surface area contributed by atoms with Gasteiger partial charge in [0.2, 0.25) is 0 Å². The number of fused-ring (bicyclic) bond motifs is 2. The molecule has 2 aliphatic carbocycles. The monoisotopic (exact) mass is 462 g/mol. The fourth-order valence-electron chi connectivity index (χ4n) is 4.81. The van der Waals surface area contributed by atoms with Crippen LogP contribution in [0.2, 0.25) is 0 Å². The Hall–Kier alpha value is -3.61. The van der Waals surface area contributed by atoms with Crippen molar-refractivity contribution in [1.82, 2.24) is 4.90 Å². The zero-order valence-electron chi connectivity index (χ0n) is 18.8. The first-order chi connectivity index (χ1) is 16.4. The molecule has 5 nitrogen and oxygen atoms in total. The third-order valence-electron chi connectivity index (χ3n) is 6.69.